The van der Waals surface area contributed by atoms with Crippen LogP contribution in [0.5, 0.6) is 0 Å². The van der Waals surface area contributed by atoms with Gasteiger partial charge in [-0.25, -0.2) is 0 Å². The summed E-state index contributed by atoms with van der Waals surface area (Å²) in [5, 5.41) is 7.51. The molecule has 1 aromatic rings. The summed E-state index contributed by atoms with van der Waals surface area (Å²) in [7, 11) is 0. The fraction of sp³-hybridized carbons (Fsp3) is 0.750. The molecule has 16 heavy (non-hydrogen) atoms. The molecule has 0 spiro atoms. The van der Waals surface area contributed by atoms with Gasteiger partial charge in [0.05, 0.1) is 5.69 Å². The van der Waals surface area contributed by atoms with Crippen molar-refractivity contribution in [1.82, 2.24) is 15.4 Å². The summed E-state index contributed by atoms with van der Waals surface area (Å²) in [4.78, 5) is 2.65. The van der Waals surface area contributed by atoms with Gasteiger partial charge in [0.2, 0.25) is 0 Å². The van der Waals surface area contributed by atoms with Crippen molar-refractivity contribution >= 4 is 0 Å². The monoisotopic (exact) mass is 221 g/mol. The first-order valence-corrected chi connectivity index (χ1v) is 6.28. The third kappa shape index (κ3) is 2.13. The Balaban J connectivity index is 1.49. The van der Waals surface area contributed by atoms with Gasteiger partial charge < -0.3 is 14.7 Å². The van der Waals surface area contributed by atoms with E-state index < -0.39 is 0 Å². The number of hydrogen-bond acceptors (Lipinski definition) is 4. The molecule has 2 unspecified atom stereocenters. The van der Waals surface area contributed by atoms with Crippen LogP contribution in [-0.4, -0.2) is 35.2 Å². The second kappa shape index (κ2) is 4.55. The third-order valence-corrected chi connectivity index (χ3v) is 3.88. The van der Waals surface area contributed by atoms with Crippen LogP contribution in [0.15, 0.2) is 16.9 Å². The highest BCUT2D eigenvalue weighted by molar-refractivity contribution is 4.96. The van der Waals surface area contributed by atoms with Crippen molar-refractivity contribution in [1.29, 1.82) is 0 Å². The smallest absolute Gasteiger partial charge is 0.124 e. The van der Waals surface area contributed by atoms with Gasteiger partial charge in [-0.2, -0.15) is 0 Å². The van der Waals surface area contributed by atoms with Crippen molar-refractivity contribution in [2.24, 2.45) is 0 Å². The summed E-state index contributed by atoms with van der Waals surface area (Å²) >= 11 is 0. The van der Waals surface area contributed by atoms with E-state index in [-0.39, 0.29) is 0 Å². The zero-order chi connectivity index (χ0) is 10.8. The Labute approximate surface area is 96.0 Å². The van der Waals surface area contributed by atoms with Gasteiger partial charge in [0.15, 0.2) is 0 Å². The Morgan fingerprint density at radius 1 is 1.44 bits per heavy atom. The maximum Gasteiger partial charge on any atom is 0.124 e. The van der Waals surface area contributed by atoms with Gasteiger partial charge >= 0.3 is 0 Å². The quantitative estimate of drug-likeness (QED) is 0.837. The SMILES string of the molecule is c1cc(CNC2CCN3CCCC3C2)no1. The molecule has 4 heteroatoms. The average molecular weight is 221 g/mol. The largest absolute Gasteiger partial charge is 0.364 e. The average Bonchev–Trinajstić information content (AvgIpc) is 2.97. The minimum Gasteiger partial charge on any atom is -0.364 e. The Bertz CT molecular complexity index is 325. The van der Waals surface area contributed by atoms with Crippen molar-refractivity contribution in [3.8, 4) is 0 Å². The van der Waals surface area contributed by atoms with Crippen LogP contribution in [0.4, 0.5) is 0 Å². The van der Waals surface area contributed by atoms with Crippen LogP contribution in [0.1, 0.15) is 31.4 Å². The van der Waals surface area contributed by atoms with E-state index in [4.69, 9.17) is 4.52 Å². The first-order chi connectivity index (χ1) is 7.92. The first kappa shape index (κ1) is 10.3. The molecule has 0 saturated carbocycles. The van der Waals surface area contributed by atoms with Crippen molar-refractivity contribution < 1.29 is 4.52 Å². The standard InChI is InChI=1S/C12H19N3O/c1-2-12-8-10(3-6-15(12)5-1)13-9-11-4-7-16-14-11/h4,7,10,12-13H,1-3,5-6,8-9H2. The van der Waals surface area contributed by atoms with Gasteiger partial charge in [0.25, 0.3) is 0 Å². The van der Waals surface area contributed by atoms with E-state index in [0.717, 1.165) is 18.3 Å². The molecule has 0 radical (unpaired) electrons. The number of rotatable bonds is 3. The van der Waals surface area contributed by atoms with Crippen LogP contribution < -0.4 is 5.32 Å². The van der Waals surface area contributed by atoms with Gasteiger partial charge in [0.1, 0.15) is 6.26 Å². The maximum atomic E-state index is 4.83. The lowest BCUT2D eigenvalue weighted by molar-refractivity contribution is 0.166. The molecule has 2 aliphatic rings. The Morgan fingerprint density at radius 3 is 3.31 bits per heavy atom. The van der Waals surface area contributed by atoms with Crippen molar-refractivity contribution in [3.63, 3.8) is 0 Å². The van der Waals surface area contributed by atoms with Crippen molar-refractivity contribution in [2.45, 2.75) is 44.3 Å². The lowest BCUT2D eigenvalue weighted by Gasteiger charge is -2.35. The molecule has 0 aromatic carbocycles. The van der Waals surface area contributed by atoms with Crippen LogP contribution in [0, 0.1) is 0 Å². The molecular weight excluding hydrogens is 202 g/mol. The zero-order valence-electron chi connectivity index (χ0n) is 9.56. The molecule has 1 N–H and O–H groups in total. The summed E-state index contributed by atoms with van der Waals surface area (Å²) < 4.78 is 4.83. The predicted octanol–water partition coefficient (Wildman–Crippen LogP) is 1.39. The number of hydrogen-bond donors (Lipinski definition) is 1. The van der Waals surface area contributed by atoms with Crippen LogP contribution in [0.3, 0.4) is 0 Å². The van der Waals surface area contributed by atoms with Crippen LogP contribution in [-0.2, 0) is 6.54 Å². The van der Waals surface area contributed by atoms with E-state index in [1.54, 1.807) is 6.26 Å². The van der Waals surface area contributed by atoms with E-state index in [9.17, 15) is 0 Å². The van der Waals surface area contributed by atoms with E-state index in [0.29, 0.717) is 6.04 Å². The highest BCUT2D eigenvalue weighted by atomic mass is 16.5. The van der Waals surface area contributed by atoms with Gasteiger partial charge in [-0.05, 0) is 38.8 Å². The summed E-state index contributed by atoms with van der Waals surface area (Å²) in [6.07, 6.45) is 6.99. The number of piperidine rings is 1. The molecule has 0 aliphatic carbocycles. The summed E-state index contributed by atoms with van der Waals surface area (Å²) in [5.74, 6) is 0. The molecule has 0 amide bonds. The van der Waals surface area contributed by atoms with Gasteiger partial charge in [-0.3, -0.25) is 0 Å². The molecule has 2 aliphatic heterocycles. The normalized spacial score (nSPS) is 30.5. The van der Waals surface area contributed by atoms with Crippen LogP contribution >= 0.6 is 0 Å². The molecule has 2 fully saturated rings. The molecule has 3 rings (SSSR count). The first-order valence-electron chi connectivity index (χ1n) is 6.28. The van der Waals surface area contributed by atoms with Gasteiger partial charge in [0, 0.05) is 24.7 Å². The fourth-order valence-corrected chi connectivity index (χ4v) is 2.99. The topological polar surface area (TPSA) is 41.3 Å². The molecule has 1 aromatic heterocycles. The molecule has 4 nitrogen and oxygen atoms in total. The molecule has 2 atom stereocenters. The van der Waals surface area contributed by atoms with Crippen molar-refractivity contribution in [2.75, 3.05) is 13.1 Å². The highest BCUT2D eigenvalue weighted by Gasteiger charge is 2.31. The zero-order valence-corrected chi connectivity index (χ0v) is 9.56. The molecule has 2 saturated heterocycles. The molecule has 0 bridgehead atoms. The predicted molar refractivity (Wildman–Crippen MR) is 61.0 cm³/mol. The summed E-state index contributed by atoms with van der Waals surface area (Å²) in [6.45, 7) is 3.43. The molecule has 88 valence electrons. The molecule has 3 heterocycles. The lowest BCUT2D eigenvalue weighted by Crippen LogP contribution is -2.45. The fourth-order valence-electron chi connectivity index (χ4n) is 2.99. The van der Waals surface area contributed by atoms with E-state index in [1.165, 1.54) is 38.8 Å². The summed E-state index contributed by atoms with van der Waals surface area (Å²) in [5.41, 5.74) is 1.01. The van der Waals surface area contributed by atoms with E-state index >= 15 is 0 Å². The lowest BCUT2D eigenvalue weighted by atomic mass is 9.97. The van der Waals surface area contributed by atoms with Crippen molar-refractivity contribution in [3.05, 3.63) is 18.0 Å². The minimum absolute atomic E-state index is 0.663. The second-order valence-electron chi connectivity index (χ2n) is 4.93. The third-order valence-electron chi connectivity index (χ3n) is 3.88. The Morgan fingerprint density at radius 2 is 2.44 bits per heavy atom. The maximum absolute atomic E-state index is 4.83. The summed E-state index contributed by atoms with van der Waals surface area (Å²) in [6, 6.07) is 3.43. The highest BCUT2D eigenvalue weighted by Crippen LogP contribution is 2.26. The minimum atomic E-state index is 0.663. The van der Waals surface area contributed by atoms with E-state index in [2.05, 4.69) is 15.4 Å². The van der Waals surface area contributed by atoms with Crippen LogP contribution in [0.25, 0.3) is 0 Å². The van der Waals surface area contributed by atoms with E-state index in [1.807, 2.05) is 6.07 Å². The molecular formula is C12H19N3O. The Hall–Kier alpha value is -0.870. The number of nitrogens with zero attached hydrogens (tertiary/aromatic N) is 2. The number of aromatic nitrogens is 1. The van der Waals surface area contributed by atoms with Crippen LogP contribution in [0.2, 0.25) is 0 Å². The number of fused-ring (bicyclic) bond motifs is 1. The van der Waals surface area contributed by atoms with Gasteiger partial charge in [-0.15, -0.1) is 0 Å². The number of nitrogens with one attached hydrogen (secondary N) is 1. The second-order valence-corrected chi connectivity index (χ2v) is 4.93. The Kier molecular flexibility index (Phi) is 2.93. The van der Waals surface area contributed by atoms with Gasteiger partial charge in [-0.1, -0.05) is 5.16 Å².